The predicted molar refractivity (Wildman–Crippen MR) is 93.7 cm³/mol. The molecule has 25 heavy (non-hydrogen) atoms. The number of fused-ring (bicyclic) bond motifs is 1. The smallest absolute Gasteiger partial charge is 0.254 e. The molecule has 130 valence electrons. The number of rotatable bonds is 3. The van der Waals surface area contributed by atoms with E-state index in [4.69, 9.17) is 9.72 Å². The molecule has 1 amide bonds. The number of aromatic nitrogens is 2. The van der Waals surface area contributed by atoms with Crippen LogP contribution in [0.5, 0.6) is 5.75 Å². The summed E-state index contributed by atoms with van der Waals surface area (Å²) in [5.41, 5.74) is 2.79. The molecule has 1 saturated heterocycles. The van der Waals surface area contributed by atoms with Crippen LogP contribution in [0.25, 0.3) is 0 Å². The summed E-state index contributed by atoms with van der Waals surface area (Å²) in [4.78, 5) is 24.0. The molecule has 4 rings (SSSR count). The maximum atomic E-state index is 12.8. The van der Waals surface area contributed by atoms with Gasteiger partial charge in [-0.2, -0.15) is 0 Å². The lowest BCUT2D eigenvalue weighted by atomic mass is 10.0. The molecule has 2 aliphatic rings. The van der Waals surface area contributed by atoms with Crippen molar-refractivity contribution in [2.75, 3.05) is 26.7 Å². The highest BCUT2D eigenvalue weighted by atomic mass is 16.5. The number of nitrogens with one attached hydrogen (secondary N) is 1. The molecular formula is C19H22N4O2. The molecule has 2 aromatic rings. The normalized spacial score (nSPS) is 19.6. The Hall–Kier alpha value is -2.47. The van der Waals surface area contributed by atoms with Crippen molar-refractivity contribution in [3.05, 3.63) is 53.1 Å². The van der Waals surface area contributed by atoms with E-state index in [1.807, 2.05) is 29.3 Å². The van der Waals surface area contributed by atoms with E-state index in [0.29, 0.717) is 30.3 Å². The third kappa shape index (κ3) is 3.22. The Morgan fingerprint density at radius 3 is 3.12 bits per heavy atom. The van der Waals surface area contributed by atoms with Crippen LogP contribution in [0.4, 0.5) is 0 Å². The van der Waals surface area contributed by atoms with E-state index in [0.717, 1.165) is 43.0 Å². The summed E-state index contributed by atoms with van der Waals surface area (Å²) in [6, 6.07) is 7.29. The molecule has 6 nitrogen and oxygen atoms in total. The largest absolute Gasteiger partial charge is 0.497 e. The van der Waals surface area contributed by atoms with Crippen LogP contribution in [0.3, 0.4) is 0 Å². The average molecular weight is 338 g/mol. The summed E-state index contributed by atoms with van der Waals surface area (Å²) >= 11 is 0. The fourth-order valence-electron chi connectivity index (χ4n) is 3.52. The van der Waals surface area contributed by atoms with Crippen LogP contribution in [-0.4, -0.2) is 47.5 Å². The minimum Gasteiger partial charge on any atom is -0.497 e. The van der Waals surface area contributed by atoms with Gasteiger partial charge >= 0.3 is 0 Å². The molecule has 0 unspecified atom stereocenters. The Morgan fingerprint density at radius 1 is 1.40 bits per heavy atom. The molecule has 0 aliphatic carbocycles. The number of hydrogen-bond donors (Lipinski definition) is 1. The quantitative estimate of drug-likeness (QED) is 0.924. The van der Waals surface area contributed by atoms with Gasteiger partial charge in [0.05, 0.1) is 12.8 Å². The fraction of sp³-hybridized carbons (Fsp3) is 0.421. The van der Waals surface area contributed by atoms with Crippen molar-refractivity contribution < 1.29 is 9.53 Å². The van der Waals surface area contributed by atoms with Gasteiger partial charge in [0.25, 0.3) is 5.91 Å². The Morgan fingerprint density at radius 2 is 2.32 bits per heavy atom. The van der Waals surface area contributed by atoms with E-state index < -0.39 is 0 Å². The zero-order valence-corrected chi connectivity index (χ0v) is 14.4. The van der Waals surface area contributed by atoms with Gasteiger partial charge in [-0.15, -0.1) is 0 Å². The van der Waals surface area contributed by atoms with Crippen LogP contribution in [-0.2, 0) is 13.0 Å². The van der Waals surface area contributed by atoms with Gasteiger partial charge in [-0.25, -0.2) is 9.97 Å². The van der Waals surface area contributed by atoms with Gasteiger partial charge in [-0.05, 0) is 31.2 Å². The summed E-state index contributed by atoms with van der Waals surface area (Å²) < 4.78 is 5.21. The zero-order valence-electron chi connectivity index (χ0n) is 14.4. The molecule has 0 radical (unpaired) electrons. The van der Waals surface area contributed by atoms with Gasteiger partial charge in [0.1, 0.15) is 11.6 Å². The number of carbonyl (C=O) groups is 1. The number of nitrogens with zero attached hydrogens (tertiary/aromatic N) is 3. The standard InChI is InChI=1S/C19H22N4O2/c1-25-16-4-2-3-13(9-16)19(24)23-8-6-17-15(12-23)11-21-18(22-17)14-5-7-20-10-14/h2-4,9,11,14,20H,5-8,10,12H2,1H3/t14-/m0/s1. The zero-order chi connectivity index (χ0) is 17.2. The monoisotopic (exact) mass is 338 g/mol. The lowest BCUT2D eigenvalue weighted by Gasteiger charge is -2.28. The Bertz CT molecular complexity index is 787. The van der Waals surface area contributed by atoms with Gasteiger partial charge < -0.3 is 15.0 Å². The highest BCUT2D eigenvalue weighted by Gasteiger charge is 2.25. The minimum absolute atomic E-state index is 0.0219. The summed E-state index contributed by atoms with van der Waals surface area (Å²) in [5, 5.41) is 3.36. The van der Waals surface area contributed by atoms with E-state index >= 15 is 0 Å². The Balaban J connectivity index is 1.51. The summed E-state index contributed by atoms with van der Waals surface area (Å²) in [5.74, 6) is 2.08. The Labute approximate surface area is 147 Å². The molecule has 6 heteroatoms. The molecule has 0 saturated carbocycles. The third-order valence-corrected chi connectivity index (χ3v) is 4.98. The second-order valence-corrected chi connectivity index (χ2v) is 6.60. The van der Waals surface area contributed by atoms with E-state index in [9.17, 15) is 4.79 Å². The maximum Gasteiger partial charge on any atom is 0.254 e. The lowest BCUT2D eigenvalue weighted by molar-refractivity contribution is 0.0732. The number of carbonyl (C=O) groups excluding carboxylic acids is 1. The average Bonchev–Trinajstić information content (AvgIpc) is 3.21. The first kappa shape index (κ1) is 16.0. The highest BCUT2D eigenvalue weighted by Crippen LogP contribution is 2.24. The number of methoxy groups -OCH3 is 1. The predicted octanol–water partition coefficient (Wildman–Crippen LogP) is 1.76. The summed E-state index contributed by atoms with van der Waals surface area (Å²) in [6.07, 6.45) is 3.78. The van der Waals surface area contributed by atoms with Gasteiger partial charge in [0.15, 0.2) is 0 Å². The molecule has 1 aromatic carbocycles. The number of hydrogen-bond acceptors (Lipinski definition) is 5. The third-order valence-electron chi connectivity index (χ3n) is 4.98. The highest BCUT2D eigenvalue weighted by molar-refractivity contribution is 5.94. The molecule has 0 spiro atoms. The van der Waals surface area contributed by atoms with Gasteiger partial charge in [0, 0.05) is 49.3 Å². The molecule has 3 heterocycles. The van der Waals surface area contributed by atoms with Crippen molar-refractivity contribution in [3.63, 3.8) is 0 Å². The molecule has 1 fully saturated rings. The fourth-order valence-corrected chi connectivity index (χ4v) is 3.52. The number of benzene rings is 1. The number of ether oxygens (including phenoxy) is 1. The molecule has 1 atom stereocenters. The first-order valence-corrected chi connectivity index (χ1v) is 8.73. The molecular weight excluding hydrogens is 316 g/mol. The van der Waals surface area contributed by atoms with Crippen LogP contribution >= 0.6 is 0 Å². The second kappa shape index (κ2) is 6.80. The van der Waals surface area contributed by atoms with Crippen molar-refractivity contribution in [2.45, 2.75) is 25.3 Å². The molecule has 0 bridgehead atoms. The first-order chi connectivity index (χ1) is 12.2. The maximum absolute atomic E-state index is 12.8. The van der Waals surface area contributed by atoms with Crippen molar-refractivity contribution in [1.82, 2.24) is 20.2 Å². The van der Waals surface area contributed by atoms with Gasteiger partial charge in [0.2, 0.25) is 0 Å². The topological polar surface area (TPSA) is 67.3 Å². The first-order valence-electron chi connectivity index (χ1n) is 8.73. The molecule has 1 N–H and O–H groups in total. The van der Waals surface area contributed by atoms with Crippen LogP contribution in [0.2, 0.25) is 0 Å². The van der Waals surface area contributed by atoms with Crippen molar-refractivity contribution in [1.29, 1.82) is 0 Å². The van der Waals surface area contributed by atoms with Crippen molar-refractivity contribution in [2.24, 2.45) is 0 Å². The van der Waals surface area contributed by atoms with E-state index in [2.05, 4.69) is 10.3 Å². The van der Waals surface area contributed by atoms with Crippen molar-refractivity contribution >= 4 is 5.91 Å². The van der Waals surface area contributed by atoms with E-state index in [1.165, 1.54) is 0 Å². The second-order valence-electron chi connectivity index (χ2n) is 6.60. The molecule has 1 aromatic heterocycles. The summed E-state index contributed by atoms with van der Waals surface area (Å²) in [6.45, 7) is 3.24. The summed E-state index contributed by atoms with van der Waals surface area (Å²) in [7, 11) is 1.61. The minimum atomic E-state index is 0.0219. The van der Waals surface area contributed by atoms with E-state index in [1.54, 1.807) is 13.2 Å². The van der Waals surface area contributed by atoms with E-state index in [-0.39, 0.29) is 5.91 Å². The van der Waals surface area contributed by atoms with Gasteiger partial charge in [-0.3, -0.25) is 4.79 Å². The van der Waals surface area contributed by atoms with Crippen LogP contribution in [0, 0.1) is 0 Å². The lowest BCUT2D eigenvalue weighted by Crippen LogP contribution is -2.36. The van der Waals surface area contributed by atoms with Crippen LogP contribution < -0.4 is 10.1 Å². The number of amides is 1. The SMILES string of the molecule is COc1cccc(C(=O)N2CCc3nc([C@H]4CCNC4)ncc3C2)c1. The Kier molecular flexibility index (Phi) is 4.36. The molecule has 2 aliphatic heterocycles. The van der Waals surface area contributed by atoms with Gasteiger partial charge in [-0.1, -0.05) is 6.07 Å². The van der Waals surface area contributed by atoms with Crippen LogP contribution in [0.1, 0.15) is 39.8 Å². The van der Waals surface area contributed by atoms with Crippen LogP contribution in [0.15, 0.2) is 30.5 Å². The van der Waals surface area contributed by atoms with Crippen molar-refractivity contribution in [3.8, 4) is 5.75 Å².